The van der Waals surface area contributed by atoms with Crippen molar-refractivity contribution in [2.24, 2.45) is 5.92 Å². The molecule has 0 saturated carbocycles. The van der Waals surface area contributed by atoms with Crippen LogP contribution in [0.1, 0.15) is 85.5 Å². The summed E-state index contributed by atoms with van der Waals surface area (Å²) >= 11 is 0. The molecule has 0 fully saturated rings. The minimum Gasteiger partial charge on any atom is -0.481 e. The molecule has 6 heteroatoms. The number of carboxylic acids is 2. The fraction of sp³-hybridized carbons (Fsp3) is 0.900. The van der Waals surface area contributed by atoms with Gasteiger partial charge in [0.15, 0.2) is 5.22 Å². The molecule has 0 spiro atoms. The summed E-state index contributed by atoms with van der Waals surface area (Å²) < 4.78 is 0. The Bertz CT molecular complexity index is 405. The maximum absolute atomic E-state index is 12.4. The van der Waals surface area contributed by atoms with Gasteiger partial charge in [-0.1, -0.05) is 97.2 Å². The number of carbonyl (C=O) groups is 2. The van der Waals surface area contributed by atoms with Crippen LogP contribution < -0.4 is 0 Å². The quantitative estimate of drug-likeness (QED) is 0.320. The maximum Gasteiger partial charge on any atom is 0.332 e. The summed E-state index contributed by atoms with van der Waals surface area (Å²) in [6.07, 6.45) is 6.98. The highest BCUT2D eigenvalue weighted by Crippen LogP contribution is 2.43. The van der Waals surface area contributed by atoms with Crippen LogP contribution in [0.4, 0.5) is 0 Å². The Morgan fingerprint density at radius 2 is 1.19 bits per heavy atom. The lowest BCUT2D eigenvalue weighted by Crippen LogP contribution is -2.68. The number of hydrogen-bond acceptors (Lipinski definition) is 3. The highest BCUT2D eigenvalue weighted by molar-refractivity contribution is 6.85. The molecule has 0 rings (SSSR count). The molecule has 0 amide bonds. The first-order valence-corrected chi connectivity index (χ1v) is 13.1. The normalized spacial score (nSPS) is 15.4. The molecule has 154 valence electrons. The van der Waals surface area contributed by atoms with Crippen LogP contribution in [-0.2, 0) is 9.59 Å². The molecule has 0 aromatic heterocycles. The van der Waals surface area contributed by atoms with Gasteiger partial charge in [-0.3, -0.25) is 4.79 Å². The van der Waals surface area contributed by atoms with Crippen LogP contribution in [-0.4, -0.2) is 40.6 Å². The van der Waals surface area contributed by atoms with Crippen molar-refractivity contribution in [3.05, 3.63) is 0 Å². The van der Waals surface area contributed by atoms with Gasteiger partial charge in [0.25, 0.3) is 0 Å². The molecular weight excluding hydrogens is 348 g/mol. The largest absolute Gasteiger partial charge is 0.481 e. The summed E-state index contributed by atoms with van der Waals surface area (Å²) in [5.74, 6) is -3.68. The van der Waals surface area contributed by atoms with Gasteiger partial charge in [0, 0.05) is 0 Å². The molecule has 2 atom stereocenters. The molecule has 0 aliphatic rings. The van der Waals surface area contributed by atoms with Gasteiger partial charge in [0.1, 0.15) is 8.07 Å². The lowest BCUT2D eigenvalue weighted by molar-refractivity contribution is -0.165. The molecule has 26 heavy (non-hydrogen) atoms. The molecular formula is C20H40O5Si. The van der Waals surface area contributed by atoms with Crippen LogP contribution in [0.25, 0.3) is 0 Å². The average molecular weight is 389 g/mol. The Kier molecular flexibility index (Phi) is 12.1. The number of aliphatic carboxylic acids is 2. The zero-order valence-electron chi connectivity index (χ0n) is 17.2. The van der Waals surface area contributed by atoms with Gasteiger partial charge in [-0.05, 0) is 6.42 Å². The Hall–Kier alpha value is -0.883. The van der Waals surface area contributed by atoms with Crippen molar-refractivity contribution < 1.29 is 24.9 Å². The van der Waals surface area contributed by atoms with E-state index in [4.69, 9.17) is 0 Å². The molecule has 5 nitrogen and oxygen atoms in total. The predicted octanol–water partition coefficient (Wildman–Crippen LogP) is 5.08. The lowest BCUT2D eigenvalue weighted by atomic mass is 9.95. The van der Waals surface area contributed by atoms with Crippen molar-refractivity contribution in [1.29, 1.82) is 0 Å². The van der Waals surface area contributed by atoms with Crippen LogP contribution >= 0.6 is 0 Å². The van der Waals surface area contributed by atoms with Crippen LogP contribution in [0.15, 0.2) is 0 Å². The standard InChI is InChI=1S/C20H40O5Si/c1-5-9-13-17(18(21)22)20(25,19(23)24)26(14-10-6-2,15-11-7-3)16-12-8-4/h17,25H,5-16H2,1-4H3,(H,21,22)(H,23,24). The topological polar surface area (TPSA) is 94.8 Å². The molecule has 0 radical (unpaired) electrons. The fourth-order valence-electron chi connectivity index (χ4n) is 4.16. The summed E-state index contributed by atoms with van der Waals surface area (Å²) in [4.78, 5) is 24.4. The summed E-state index contributed by atoms with van der Waals surface area (Å²) in [6.45, 7) is 8.13. The van der Waals surface area contributed by atoms with Gasteiger partial charge in [-0.25, -0.2) is 4.79 Å². The van der Waals surface area contributed by atoms with Crippen molar-refractivity contribution in [2.75, 3.05) is 0 Å². The maximum atomic E-state index is 12.4. The summed E-state index contributed by atoms with van der Waals surface area (Å²) in [7, 11) is -2.78. The molecule has 3 N–H and O–H groups in total. The third-order valence-corrected chi connectivity index (χ3v) is 11.9. The predicted molar refractivity (Wildman–Crippen MR) is 108 cm³/mol. The van der Waals surface area contributed by atoms with Crippen LogP contribution in [0.5, 0.6) is 0 Å². The zero-order valence-corrected chi connectivity index (χ0v) is 18.2. The monoisotopic (exact) mass is 388 g/mol. The first-order valence-electron chi connectivity index (χ1n) is 10.5. The molecule has 0 aromatic carbocycles. The van der Waals surface area contributed by atoms with Gasteiger partial charge >= 0.3 is 11.9 Å². The van der Waals surface area contributed by atoms with Gasteiger partial charge < -0.3 is 15.3 Å². The Balaban J connectivity index is 6.26. The van der Waals surface area contributed by atoms with Gasteiger partial charge in [-0.15, -0.1) is 0 Å². The number of aliphatic hydroxyl groups is 1. The molecule has 0 bridgehead atoms. The second kappa shape index (κ2) is 12.5. The molecule has 0 aliphatic heterocycles. The number of carboxylic acid groups (broad SMARTS) is 2. The van der Waals surface area contributed by atoms with Crippen molar-refractivity contribution in [3.8, 4) is 0 Å². The Morgan fingerprint density at radius 3 is 1.46 bits per heavy atom. The third kappa shape index (κ3) is 6.08. The first kappa shape index (κ1) is 25.1. The second-order valence-electron chi connectivity index (χ2n) is 7.70. The van der Waals surface area contributed by atoms with Gasteiger partial charge in [-0.2, -0.15) is 0 Å². The van der Waals surface area contributed by atoms with E-state index in [9.17, 15) is 24.9 Å². The SMILES string of the molecule is CCCCC(C(=O)O)C(O)(C(=O)O)[Si](CCCC)(CCCC)CCCC. The van der Waals surface area contributed by atoms with E-state index in [1.165, 1.54) is 0 Å². The minimum atomic E-state index is -2.78. The first-order chi connectivity index (χ1) is 12.3. The minimum absolute atomic E-state index is 0.230. The van der Waals surface area contributed by atoms with E-state index in [1.807, 2.05) is 6.92 Å². The summed E-state index contributed by atoms with van der Waals surface area (Å²) in [6, 6.07) is 2.09. The third-order valence-electron chi connectivity index (χ3n) is 5.81. The van der Waals surface area contributed by atoms with Crippen LogP contribution in [0, 0.1) is 5.92 Å². The van der Waals surface area contributed by atoms with E-state index in [-0.39, 0.29) is 6.42 Å². The Labute approximate surface area is 160 Å². The van der Waals surface area contributed by atoms with E-state index < -0.39 is 31.2 Å². The smallest absolute Gasteiger partial charge is 0.332 e. The van der Waals surface area contributed by atoms with Crippen molar-refractivity contribution in [3.63, 3.8) is 0 Å². The average Bonchev–Trinajstić information content (AvgIpc) is 2.60. The van der Waals surface area contributed by atoms with E-state index in [0.717, 1.165) is 44.9 Å². The molecule has 0 heterocycles. The molecule has 0 saturated heterocycles. The van der Waals surface area contributed by atoms with Crippen molar-refractivity contribution >= 4 is 20.0 Å². The molecule has 0 aliphatic carbocycles. The van der Waals surface area contributed by atoms with Crippen LogP contribution in [0.2, 0.25) is 18.1 Å². The van der Waals surface area contributed by atoms with E-state index in [1.54, 1.807) is 0 Å². The van der Waals surface area contributed by atoms with E-state index in [0.29, 0.717) is 24.6 Å². The van der Waals surface area contributed by atoms with Gasteiger partial charge in [0.05, 0.1) is 5.92 Å². The van der Waals surface area contributed by atoms with E-state index >= 15 is 0 Å². The number of unbranched alkanes of at least 4 members (excludes halogenated alkanes) is 4. The summed E-state index contributed by atoms with van der Waals surface area (Å²) in [5.41, 5.74) is 0. The van der Waals surface area contributed by atoms with E-state index in [2.05, 4.69) is 20.8 Å². The van der Waals surface area contributed by atoms with Crippen molar-refractivity contribution in [2.45, 2.75) is 109 Å². The molecule has 0 aromatic rings. The van der Waals surface area contributed by atoms with Gasteiger partial charge in [0.2, 0.25) is 0 Å². The van der Waals surface area contributed by atoms with Crippen molar-refractivity contribution in [1.82, 2.24) is 0 Å². The molecule has 2 unspecified atom stereocenters. The fourth-order valence-corrected chi connectivity index (χ4v) is 10.6. The second-order valence-corrected chi connectivity index (χ2v) is 12.5. The zero-order chi connectivity index (χ0) is 20.2. The summed E-state index contributed by atoms with van der Waals surface area (Å²) in [5, 5.41) is 29.5. The lowest BCUT2D eigenvalue weighted by Gasteiger charge is -2.46. The number of rotatable bonds is 16. The van der Waals surface area contributed by atoms with Crippen LogP contribution in [0.3, 0.4) is 0 Å². The Morgan fingerprint density at radius 1 is 0.808 bits per heavy atom. The number of hydrogen-bond donors (Lipinski definition) is 3. The highest BCUT2D eigenvalue weighted by atomic mass is 28.3. The highest BCUT2D eigenvalue weighted by Gasteiger charge is 2.62.